The van der Waals surface area contributed by atoms with Crippen molar-refractivity contribution in [3.05, 3.63) is 0 Å². The summed E-state index contributed by atoms with van der Waals surface area (Å²) in [7, 11) is -1.90. The van der Waals surface area contributed by atoms with Crippen LogP contribution in [-0.2, 0) is 14.8 Å². The number of nitrogens with zero attached hydrogens (tertiary/aromatic N) is 1. The van der Waals surface area contributed by atoms with Crippen LogP contribution < -0.4 is 5.73 Å². The van der Waals surface area contributed by atoms with Gasteiger partial charge in [0.1, 0.15) is 5.25 Å². The second kappa shape index (κ2) is 6.79. The molecule has 1 fully saturated rings. The normalized spacial score (nSPS) is 22.9. The van der Waals surface area contributed by atoms with E-state index < -0.39 is 15.3 Å². The van der Waals surface area contributed by atoms with E-state index in [0.717, 1.165) is 19.3 Å². The average molecular weight is 294 g/mol. The summed E-state index contributed by atoms with van der Waals surface area (Å²) in [5.74, 6) is 0. The summed E-state index contributed by atoms with van der Waals surface area (Å²) in [6.45, 7) is 2.86. The summed E-state index contributed by atoms with van der Waals surface area (Å²) in [5, 5.41) is -0.777. The summed E-state index contributed by atoms with van der Waals surface area (Å²) in [6.07, 6.45) is 3.43. The topological polar surface area (TPSA) is 72.6 Å². The van der Waals surface area contributed by atoms with E-state index in [4.69, 9.17) is 22.7 Å². The molecule has 0 bridgehead atoms. The van der Waals surface area contributed by atoms with Crippen molar-refractivity contribution in [1.82, 2.24) is 4.31 Å². The number of thiocarbonyl (C=S) groups is 1. The highest BCUT2D eigenvalue weighted by Gasteiger charge is 2.32. The standard InChI is InChI=1S/C11H22N2O3S2/c1-3-10(11(12)17)18(14,15)13(2)8-9-6-4-5-7-16-9/h9-10H,3-8H2,1-2H3,(H2,12,17). The number of hydrogen-bond donors (Lipinski definition) is 1. The summed E-state index contributed by atoms with van der Waals surface area (Å²) < 4.78 is 31.4. The molecule has 1 heterocycles. The van der Waals surface area contributed by atoms with E-state index in [9.17, 15) is 8.42 Å². The predicted molar refractivity (Wildman–Crippen MR) is 76.0 cm³/mol. The van der Waals surface area contributed by atoms with Crippen molar-refractivity contribution in [2.75, 3.05) is 20.2 Å². The average Bonchev–Trinajstić information content (AvgIpc) is 2.30. The number of likely N-dealkylation sites (N-methyl/N-ethyl adjacent to an activating group) is 1. The van der Waals surface area contributed by atoms with Gasteiger partial charge in [-0.05, 0) is 25.7 Å². The van der Waals surface area contributed by atoms with Crippen molar-refractivity contribution in [1.29, 1.82) is 0 Å². The first kappa shape index (κ1) is 15.8. The highest BCUT2D eigenvalue weighted by Crippen LogP contribution is 2.17. The molecule has 0 aromatic heterocycles. The van der Waals surface area contributed by atoms with E-state index >= 15 is 0 Å². The zero-order chi connectivity index (χ0) is 13.8. The number of nitrogens with two attached hydrogens (primary N) is 1. The lowest BCUT2D eigenvalue weighted by atomic mass is 10.1. The Morgan fingerprint density at radius 2 is 2.22 bits per heavy atom. The number of hydrogen-bond acceptors (Lipinski definition) is 4. The van der Waals surface area contributed by atoms with E-state index in [1.54, 1.807) is 14.0 Å². The van der Waals surface area contributed by atoms with Gasteiger partial charge in [-0.1, -0.05) is 19.1 Å². The van der Waals surface area contributed by atoms with Crippen LogP contribution in [-0.4, -0.2) is 49.3 Å². The maximum absolute atomic E-state index is 12.3. The fraction of sp³-hybridized carbons (Fsp3) is 0.909. The molecule has 1 aliphatic heterocycles. The van der Waals surface area contributed by atoms with Crippen molar-refractivity contribution in [3.63, 3.8) is 0 Å². The summed E-state index contributed by atoms with van der Waals surface area (Å²) in [4.78, 5) is 0.0360. The first-order chi connectivity index (χ1) is 8.39. The lowest BCUT2D eigenvalue weighted by Gasteiger charge is -2.29. The first-order valence-corrected chi connectivity index (χ1v) is 8.16. The summed E-state index contributed by atoms with van der Waals surface area (Å²) >= 11 is 4.83. The van der Waals surface area contributed by atoms with E-state index in [0.29, 0.717) is 19.6 Å². The molecule has 0 amide bonds. The fourth-order valence-corrected chi connectivity index (χ4v) is 4.17. The minimum atomic E-state index is -3.46. The van der Waals surface area contributed by atoms with Crippen LogP contribution in [0.2, 0.25) is 0 Å². The van der Waals surface area contributed by atoms with Crippen LogP contribution in [0.5, 0.6) is 0 Å². The van der Waals surface area contributed by atoms with E-state index in [1.807, 2.05) is 0 Å². The molecule has 0 spiro atoms. The second-order valence-electron chi connectivity index (χ2n) is 4.61. The molecule has 2 atom stereocenters. The summed E-state index contributed by atoms with van der Waals surface area (Å²) in [5.41, 5.74) is 5.50. The molecular weight excluding hydrogens is 272 g/mol. The molecule has 2 unspecified atom stereocenters. The zero-order valence-corrected chi connectivity index (χ0v) is 12.6. The van der Waals surface area contributed by atoms with Gasteiger partial charge >= 0.3 is 0 Å². The van der Waals surface area contributed by atoms with Gasteiger partial charge in [0.2, 0.25) is 10.0 Å². The van der Waals surface area contributed by atoms with Crippen molar-refractivity contribution in [3.8, 4) is 0 Å². The van der Waals surface area contributed by atoms with Gasteiger partial charge in [-0.3, -0.25) is 0 Å². The van der Waals surface area contributed by atoms with E-state index in [1.165, 1.54) is 4.31 Å². The van der Waals surface area contributed by atoms with Gasteiger partial charge in [-0.2, -0.15) is 0 Å². The largest absolute Gasteiger partial charge is 0.392 e. The summed E-state index contributed by atoms with van der Waals surface area (Å²) in [6, 6.07) is 0. The third-order valence-corrected chi connectivity index (χ3v) is 5.97. The van der Waals surface area contributed by atoms with Crippen molar-refractivity contribution in [2.45, 2.75) is 44.0 Å². The lowest BCUT2D eigenvalue weighted by molar-refractivity contribution is 0.00854. The maximum atomic E-state index is 12.3. The molecular formula is C11H22N2O3S2. The van der Waals surface area contributed by atoms with Crippen LogP contribution in [0.3, 0.4) is 0 Å². The van der Waals surface area contributed by atoms with Crippen molar-refractivity contribution >= 4 is 27.2 Å². The third-order valence-electron chi connectivity index (χ3n) is 3.22. The lowest BCUT2D eigenvalue weighted by Crippen LogP contribution is -2.45. The number of ether oxygens (including phenoxy) is 1. The molecule has 0 saturated carbocycles. The fourth-order valence-electron chi connectivity index (χ4n) is 2.12. The Morgan fingerprint density at radius 1 is 1.56 bits per heavy atom. The monoisotopic (exact) mass is 294 g/mol. The zero-order valence-electron chi connectivity index (χ0n) is 11.0. The van der Waals surface area contributed by atoms with Crippen molar-refractivity contribution in [2.24, 2.45) is 5.73 Å². The minimum Gasteiger partial charge on any atom is -0.392 e. The van der Waals surface area contributed by atoms with Crippen LogP contribution in [0.25, 0.3) is 0 Å². The molecule has 2 N–H and O–H groups in total. The quantitative estimate of drug-likeness (QED) is 0.736. The molecule has 1 saturated heterocycles. The van der Waals surface area contributed by atoms with Crippen LogP contribution in [0.4, 0.5) is 0 Å². The van der Waals surface area contributed by atoms with Gasteiger partial charge in [0.05, 0.1) is 11.1 Å². The molecule has 106 valence electrons. The van der Waals surface area contributed by atoms with Gasteiger partial charge in [-0.15, -0.1) is 0 Å². The van der Waals surface area contributed by atoms with Gasteiger partial charge in [0.15, 0.2) is 0 Å². The minimum absolute atomic E-state index is 0.0117. The number of sulfonamides is 1. The van der Waals surface area contributed by atoms with Gasteiger partial charge in [0.25, 0.3) is 0 Å². The van der Waals surface area contributed by atoms with Crippen LogP contribution in [0.15, 0.2) is 0 Å². The van der Waals surface area contributed by atoms with Crippen LogP contribution >= 0.6 is 12.2 Å². The number of rotatable bonds is 6. The molecule has 5 nitrogen and oxygen atoms in total. The first-order valence-electron chi connectivity index (χ1n) is 6.25. The Morgan fingerprint density at radius 3 is 2.67 bits per heavy atom. The van der Waals surface area contributed by atoms with Gasteiger partial charge < -0.3 is 10.5 Å². The van der Waals surface area contributed by atoms with Gasteiger partial charge in [-0.25, -0.2) is 12.7 Å². The molecule has 0 aromatic carbocycles. The Kier molecular flexibility index (Phi) is 5.97. The predicted octanol–water partition coefficient (Wildman–Crippen LogP) is 0.882. The Balaban J connectivity index is 2.68. The highest BCUT2D eigenvalue weighted by molar-refractivity contribution is 7.92. The molecule has 0 aliphatic carbocycles. The molecule has 1 aliphatic rings. The molecule has 0 aromatic rings. The van der Waals surface area contributed by atoms with Gasteiger partial charge in [0, 0.05) is 20.2 Å². The Bertz CT molecular complexity index is 378. The second-order valence-corrected chi connectivity index (χ2v) is 7.31. The molecule has 1 rings (SSSR count). The molecule has 18 heavy (non-hydrogen) atoms. The SMILES string of the molecule is CCC(C(N)=S)S(=O)(=O)N(C)CC1CCCCO1. The molecule has 7 heteroatoms. The van der Waals surface area contributed by atoms with E-state index in [-0.39, 0.29) is 11.1 Å². The van der Waals surface area contributed by atoms with Crippen LogP contribution in [0, 0.1) is 0 Å². The van der Waals surface area contributed by atoms with Crippen LogP contribution in [0.1, 0.15) is 32.6 Å². The smallest absolute Gasteiger partial charge is 0.223 e. The van der Waals surface area contributed by atoms with E-state index in [2.05, 4.69) is 0 Å². The Labute approximate surface area is 115 Å². The Hall–Kier alpha value is -0.240. The third kappa shape index (κ3) is 3.88. The maximum Gasteiger partial charge on any atom is 0.223 e. The highest BCUT2D eigenvalue weighted by atomic mass is 32.2. The van der Waals surface area contributed by atoms with Crippen molar-refractivity contribution < 1.29 is 13.2 Å². The molecule has 0 radical (unpaired) electrons.